The van der Waals surface area contributed by atoms with Crippen LogP contribution in [0.15, 0.2) is 42.7 Å². The molecule has 1 aliphatic rings. The Bertz CT molecular complexity index is 989. The number of anilines is 1. The molecule has 0 saturated carbocycles. The molecule has 9 heteroatoms. The van der Waals surface area contributed by atoms with E-state index in [9.17, 15) is 5.11 Å². The maximum atomic E-state index is 9.82. The Morgan fingerprint density at radius 2 is 2.00 bits per heavy atom. The van der Waals surface area contributed by atoms with Crippen molar-refractivity contribution in [2.45, 2.75) is 25.6 Å². The van der Waals surface area contributed by atoms with E-state index >= 15 is 0 Å². The van der Waals surface area contributed by atoms with Crippen LogP contribution in [0.5, 0.6) is 5.75 Å². The van der Waals surface area contributed by atoms with Gasteiger partial charge in [0.2, 0.25) is 0 Å². The van der Waals surface area contributed by atoms with E-state index in [1.54, 1.807) is 26.2 Å². The first-order valence-corrected chi connectivity index (χ1v) is 10.1. The van der Waals surface area contributed by atoms with Crippen LogP contribution in [0.2, 0.25) is 0 Å². The number of morpholine rings is 1. The van der Waals surface area contributed by atoms with Crippen LogP contribution in [0, 0.1) is 0 Å². The lowest BCUT2D eigenvalue weighted by Crippen LogP contribution is -2.42. The lowest BCUT2D eigenvalue weighted by molar-refractivity contribution is 0.0285. The number of nitrogens with one attached hydrogen (secondary N) is 2. The molecule has 0 unspecified atom stereocenters. The van der Waals surface area contributed by atoms with Gasteiger partial charge in [-0.05, 0) is 44.2 Å². The lowest BCUT2D eigenvalue weighted by atomic mass is 10.1. The minimum atomic E-state index is -0.880. The molecule has 0 amide bonds. The van der Waals surface area contributed by atoms with Crippen molar-refractivity contribution in [2.75, 3.05) is 38.2 Å². The highest BCUT2D eigenvalue weighted by atomic mass is 32.1. The van der Waals surface area contributed by atoms with E-state index in [4.69, 9.17) is 14.5 Å². The molecule has 166 valence electrons. The molecule has 8 nitrogen and oxygen atoms in total. The third-order valence-electron chi connectivity index (χ3n) is 4.70. The molecule has 0 radical (unpaired) electrons. The molecule has 0 aliphatic carbocycles. The van der Waals surface area contributed by atoms with Crippen LogP contribution >= 0.6 is 13.5 Å². The van der Waals surface area contributed by atoms with E-state index in [2.05, 4.69) is 20.6 Å². The number of pyridine rings is 1. The van der Waals surface area contributed by atoms with Gasteiger partial charge in [-0.3, -0.25) is 4.98 Å². The largest absolute Gasteiger partial charge is 0.491 e. The van der Waals surface area contributed by atoms with Crippen molar-refractivity contribution >= 4 is 30.3 Å². The molecule has 2 aromatic heterocycles. The van der Waals surface area contributed by atoms with Crippen molar-refractivity contribution in [3.63, 3.8) is 0 Å². The number of nitrogens with zero attached hydrogens (tertiary/aromatic N) is 3. The molecule has 1 aromatic carbocycles. The second-order valence-electron chi connectivity index (χ2n) is 7.98. The minimum Gasteiger partial charge on any atom is -0.491 e. The molecule has 1 saturated heterocycles. The third-order valence-corrected chi connectivity index (χ3v) is 4.70. The number of fused-ring (bicyclic) bond motifs is 1. The quantitative estimate of drug-likeness (QED) is 0.512. The fraction of sp³-hybridized carbons (Fsp3) is 0.409. The summed E-state index contributed by atoms with van der Waals surface area (Å²) in [7, 11) is 0. The molecule has 3 heterocycles. The highest BCUT2D eigenvalue weighted by molar-refractivity contribution is 7.59. The summed E-state index contributed by atoms with van der Waals surface area (Å²) in [6.45, 7) is 6.69. The molecule has 1 atom stereocenters. The molecule has 4 rings (SSSR count). The number of aromatic nitrogens is 3. The lowest BCUT2D eigenvalue weighted by Gasteiger charge is -2.24. The predicted molar refractivity (Wildman–Crippen MR) is 126 cm³/mol. The standard InChI is InChI=1S/C22H27N5O3.H2S/c1-22(2,28)14-30-16-5-3-15(4-6-16)18-11-19-20(25-8-7-24-19)21(27-18)26-13-17-12-23-9-10-29-17;/h3-8,11,17,23,28H,9-10,12-14H2,1-2H3,(H,26,27);1H2/t17-;/m0./s1. The predicted octanol–water partition coefficient (Wildman–Crippen LogP) is 2.35. The van der Waals surface area contributed by atoms with E-state index in [1.165, 1.54) is 0 Å². The summed E-state index contributed by atoms with van der Waals surface area (Å²) in [5.41, 5.74) is 2.36. The molecule has 0 bridgehead atoms. The van der Waals surface area contributed by atoms with Crippen LogP contribution in [0.3, 0.4) is 0 Å². The van der Waals surface area contributed by atoms with Crippen LogP contribution < -0.4 is 15.4 Å². The molecule has 0 spiro atoms. The van der Waals surface area contributed by atoms with Crippen molar-refractivity contribution in [1.82, 2.24) is 20.3 Å². The van der Waals surface area contributed by atoms with Gasteiger partial charge in [-0.25, -0.2) is 9.97 Å². The second kappa shape index (κ2) is 10.2. The first kappa shape index (κ1) is 23.2. The SMILES string of the molecule is CC(C)(O)COc1ccc(-c2cc3nccnc3c(NC[C@@H]3CNCCO3)n2)cc1.S. The third kappa shape index (κ3) is 6.27. The van der Waals surface area contributed by atoms with Gasteiger partial charge in [0.1, 0.15) is 17.9 Å². The van der Waals surface area contributed by atoms with Crippen LogP contribution in [0.4, 0.5) is 5.82 Å². The molecule has 1 aliphatic heterocycles. The topological polar surface area (TPSA) is 101 Å². The Balaban J connectivity index is 0.00000272. The molecule has 3 aromatic rings. The second-order valence-corrected chi connectivity index (χ2v) is 7.98. The monoisotopic (exact) mass is 443 g/mol. The highest BCUT2D eigenvalue weighted by Crippen LogP contribution is 2.27. The normalized spacial score (nSPS) is 16.5. The molecular formula is C22H29N5O3S. The van der Waals surface area contributed by atoms with Crippen molar-refractivity contribution in [3.8, 4) is 17.0 Å². The Labute approximate surface area is 188 Å². The summed E-state index contributed by atoms with van der Waals surface area (Å²) in [6.07, 6.45) is 3.43. The Morgan fingerprint density at radius 1 is 1.23 bits per heavy atom. The van der Waals surface area contributed by atoms with Crippen molar-refractivity contribution in [3.05, 3.63) is 42.7 Å². The Kier molecular flexibility index (Phi) is 7.66. The minimum absolute atomic E-state index is 0. The molecule has 3 N–H and O–H groups in total. The van der Waals surface area contributed by atoms with E-state index in [0.717, 1.165) is 35.4 Å². The van der Waals surface area contributed by atoms with Gasteiger partial charge in [-0.2, -0.15) is 13.5 Å². The summed E-state index contributed by atoms with van der Waals surface area (Å²) in [4.78, 5) is 13.7. The average molecular weight is 444 g/mol. The van der Waals surface area contributed by atoms with Crippen molar-refractivity contribution in [1.29, 1.82) is 0 Å². The van der Waals surface area contributed by atoms with Gasteiger partial charge in [0.25, 0.3) is 0 Å². The van der Waals surface area contributed by atoms with Gasteiger partial charge in [-0.1, -0.05) is 0 Å². The first-order valence-electron chi connectivity index (χ1n) is 10.1. The zero-order valence-corrected chi connectivity index (χ0v) is 18.8. The number of ether oxygens (including phenoxy) is 2. The summed E-state index contributed by atoms with van der Waals surface area (Å²) >= 11 is 0. The fourth-order valence-electron chi connectivity index (χ4n) is 3.19. The average Bonchev–Trinajstić information content (AvgIpc) is 2.76. The number of aliphatic hydroxyl groups is 1. The number of benzene rings is 1. The smallest absolute Gasteiger partial charge is 0.154 e. The summed E-state index contributed by atoms with van der Waals surface area (Å²) in [5, 5.41) is 16.5. The summed E-state index contributed by atoms with van der Waals surface area (Å²) < 4.78 is 11.4. The van der Waals surface area contributed by atoms with Gasteiger partial charge < -0.3 is 25.2 Å². The Morgan fingerprint density at radius 3 is 2.71 bits per heavy atom. The van der Waals surface area contributed by atoms with Gasteiger partial charge in [0.05, 0.1) is 29.5 Å². The highest BCUT2D eigenvalue weighted by Gasteiger charge is 2.16. The van der Waals surface area contributed by atoms with E-state index in [1.807, 2.05) is 30.3 Å². The zero-order valence-electron chi connectivity index (χ0n) is 17.8. The van der Waals surface area contributed by atoms with E-state index in [0.29, 0.717) is 24.7 Å². The van der Waals surface area contributed by atoms with Crippen LogP contribution in [-0.2, 0) is 4.74 Å². The molecule has 31 heavy (non-hydrogen) atoms. The fourth-order valence-corrected chi connectivity index (χ4v) is 3.19. The number of hydrogen-bond acceptors (Lipinski definition) is 8. The van der Waals surface area contributed by atoms with Crippen molar-refractivity contribution in [2.24, 2.45) is 0 Å². The van der Waals surface area contributed by atoms with Crippen LogP contribution in [0.1, 0.15) is 13.8 Å². The number of rotatable bonds is 7. The van der Waals surface area contributed by atoms with Gasteiger partial charge in [-0.15, -0.1) is 0 Å². The van der Waals surface area contributed by atoms with Crippen LogP contribution in [-0.4, -0.2) is 64.6 Å². The first-order chi connectivity index (χ1) is 14.5. The number of hydrogen-bond donors (Lipinski definition) is 3. The van der Waals surface area contributed by atoms with Gasteiger partial charge in [0, 0.05) is 37.6 Å². The van der Waals surface area contributed by atoms with E-state index < -0.39 is 5.60 Å². The maximum absolute atomic E-state index is 9.82. The van der Waals surface area contributed by atoms with Crippen LogP contribution in [0.25, 0.3) is 22.3 Å². The maximum Gasteiger partial charge on any atom is 0.154 e. The van der Waals surface area contributed by atoms with Gasteiger partial charge in [0.15, 0.2) is 5.82 Å². The Hall–Kier alpha value is -2.46. The molecular weight excluding hydrogens is 414 g/mol. The summed E-state index contributed by atoms with van der Waals surface area (Å²) in [6, 6.07) is 9.57. The summed E-state index contributed by atoms with van der Waals surface area (Å²) in [5.74, 6) is 1.38. The molecule has 1 fully saturated rings. The van der Waals surface area contributed by atoms with E-state index in [-0.39, 0.29) is 26.2 Å². The van der Waals surface area contributed by atoms with Gasteiger partial charge >= 0.3 is 0 Å². The van der Waals surface area contributed by atoms with Crippen molar-refractivity contribution < 1.29 is 14.6 Å². The zero-order chi connectivity index (χ0) is 21.0.